The van der Waals surface area contributed by atoms with Gasteiger partial charge in [0.1, 0.15) is 6.04 Å². The van der Waals surface area contributed by atoms with E-state index in [0.29, 0.717) is 11.6 Å². The number of hydrogen-bond acceptors (Lipinski definition) is 4. The number of hydrogen-bond donors (Lipinski definition) is 1. The number of thioether (sulfide) groups is 1. The van der Waals surface area contributed by atoms with E-state index in [1.165, 1.54) is 22.9 Å². The van der Waals surface area contributed by atoms with Crippen LogP contribution >= 0.6 is 11.8 Å². The van der Waals surface area contributed by atoms with Crippen molar-refractivity contribution >= 4 is 23.6 Å². The molecule has 0 radical (unpaired) electrons. The normalized spacial score (nSPS) is 20.1. The minimum Gasteiger partial charge on any atom is -0.480 e. The topological polar surface area (TPSA) is 70.8 Å². The Hall–Kier alpha value is -1.43. The van der Waals surface area contributed by atoms with Crippen LogP contribution in [-0.4, -0.2) is 39.6 Å². The van der Waals surface area contributed by atoms with Gasteiger partial charge in [-0.2, -0.15) is 0 Å². The SMILES string of the molecule is Cc1ccoc1C(=O)N1CSC[C@H]1C(=O)O. The number of aryl methyl sites for hydroxylation is 1. The van der Waals surface area contributed by atoms with Crippen molar-refractivity contribution in [2.24, 2.45) is 0 Å². The number of nitrogens with zero attached hydrogens (tertiary/aromatic N) is 1. The lowest BCUT2D eigenvalue weighted by molar-refractivity contribution is -0.140. The monoisotopic (exact) mass is 241 g/mol. The summed E-state index contributed by atoms with van der Waals surface area (Å²) in [4.78, 5) is 24.3. The lowest BCUT2D eigenvalue weighted by Gasteiger charge is -2.19. The van der Waals surface area contributed by atoms with Crippen LogP contribution in [0.4, 0.5) is 0 Å². The highest BCUT2D eigenvalue weighted by Gasteiger charge is 2.36. The average Bonchev–Trinajstić information content (AvgIpc) is 2.84. The highest BCUT2D eigenvalue weighted by molar-refractivity contribution is 7.99. The van der Waals surface area contributed by atoms with E-state index in [1.54, 1.807) is 13.0 Å². The lowest BCUT2D eigenvalue weighted by atomic mass is 10.2. The fourth-order valence-electron chi connectivity index (χ4n) is 1.57. The summed E-state index contributed by atoms with van der Waals surface area (Å²) in [7, 11) is 0. The average molecular weight is 241 g/mol. The molecule has 1 fully saturated rings. The number of carbonyl (C=O) groups excluding carboxylic acids is 1. The van der Waals surface area contributed by atoms with Crippen LogP contribution in [0, 0.1) is 6.92 Å². The number of furan rings is 1. The Kier molecular flexibility index (Phi) is 2.91. The van der Waals surface area contributed by atoms with E-state index in [-0.39, 0.29) is 11.7 Å². The lowest BCUT2D eigenvalue weighted by Crippen LogP contribution is -2.41. The molecule has 1 N–H and O–H groups in total. The first-order valence-electron chi connectivity index (χ1n) is 4.77. The number of carboxylic acid groups (broad SMARTS) is 1. The predicted molar refractivity (Wildman–Crippen MR) is 58.4 cm³/mol. The third kappa shape index (κ3) is 1.80. The highest BCUT2D eigenvalue weighted by Crippen LogP contribution is 2.24. The highest BCUT2D eigenvalue weighted by atomic mass is 32.2. The zero-order valence-electron chi connectivity index (χ0n) is 8.67. The van der Waals surface area contributed by atoms with Crippen molar-refractivity contribution in [1.82, 2.24) is 4.90 Å². The molecule has 5 nitrogen and oxygen atoms in total. The molecule has 2 heterocycles. The second-order valence-corrected chi connectivity index (χ2v) is 4.56. The molecule has 2 rings (SSSR count). The van der Waals surface area contributed by atoms with Gasteiger partial charge in [0.2, 0.25) is 0 Å². The molecule has 86 valence electrons. The Morgan fingerprint density at radius 2 is 2.38 bits per heavy atom. The Balaban J connectivity index is 2.22. The number of carbonyl (C=O) groups is 2. The van der Waals surface area contributed by atoms with Gasteiger partial charge < -0.3 is 14.4 Å². The fraction of sp³-hybridized carbons (Fsp3) is 0.400. The third-order valence-electron chi connectivity index (χ3n) is 2.48. The summed E-state index contributed by atoms with van der Waals surface area (Å²) >= 11 is 1.43. The Morgan fingerprint density at radius 3 is 2.94 bits per heavy atom. The Morgan fingerprint density at radius 1 is 1.62 bits per heavy atom. The summed E-state index contributed by atoms with van der Waals surface area (Å²) in [5.41, 5.74) is 0.728. The maximum Gasteiger partial charge on any atom is 0.327 e. The minimum absolute atomic E-state index is 0.230. The first kappa shape index (κ1) is 11.1. The maximum atomic E-state index is 12.0. The zero-order chi connectivity index (χ0) is 11.7. The standard InChI is InChI=1S/C10H11NO4S/c1-6-2-3-15-8(6)9(12)11-5-16-4-7(11)10(13)14/h2-3,7H,4-5H2,1H3,(H,13,14)/t7-/m0/s1. The summed E-state index contributed by atoms with van der Waals surface area (Å²) in [5.74, 6) is -0.257. The van der Waals surface area contributed by atoms with E-state index in [1.807, 2.05) is 0 Å². The van der Waals surface area contributed by atoms with Crippen LogP contribution in [0.5, 0.6) is 0 Å². The van der Waals surface area contributed by atoms with E-state index in [4.69, 9.17) is 9.52 Å². The van der Waals surface area contributed by atoms with Crippen molar-refractivity contribution in [3.63, 3.8) is 0 Å². The van der Waals surface area contributed by atoms with Crippen LogP contribution < -0.4 is 0 Å². The Bertz CT molecular complexity index is 428. The number of rotatable bonds is 2. The summed E-state index contributed by atoms with van der Waals surface area (Å²) in [6, 6.07) is 0.939. The molecule has 1 atom stereocenters. The van der Waals surface area contributed by atoms with Crippen molar-refractivity contribution in [3.05, 3.63) is 23.7 Å². The molecule has 0 saturated carbocycles. The van der Waals surface area contributed by atoms with Gasteiger partial charge in [0, 0.05) is 11.3 Å². The first-order chi connectivity index (χ1) is 7.61. The van der Waals surface area contributed by atoms with E-state index in [9.17, 15) is 9.59 Å². The minimum atomic E-state index is -0.970. The van der Waals surface area contributed by atoms with Gasteiger partial charge in [-0.1, -0.05) is 0 Å². The van der Waals surface area contributed by atoms with Gasteiger partial charge in [-0.15, -0.1) is 11.8 Å². The molecule has 1 aliphatic heterocycles. The van der Waals surface area contributed by atoms with E-state index in [2.05, 4.69) is 0 Å². The van der Waals surface area contributed by atoms with Crippen LogP contribution in [0.1, 0.15) is 16.1 Å². The maximum absolute atomic E-state index is 12.0. The quantitative estimate of drug-likeness (QED) is 0.842. The second kappa shape index (κ2) is 4.21. The van der Waals surface area contributed by atoms with Crippen molar-refractivity contribution in [3.8, 4) is 0 Å². The molecule has 1 amide bonds. The molecule has 0 unspecified atom stereocenters. The zero-order valence-corrected chi connectivity index (χ0v) is 9.49. The number of amides is 1. The van der Waals surface area contributed by atoms with Gasteiger partial charge in [-0.05, 0) is 13.0 Å². The predicted octanol–water partition coefficient (Wildman–Crippen LogP) is 1.19. The molecule has 1 aliphatic rings. The summed E-state index contributed by atoms with van der Waals surface area (Å²) in [6.45, 7) is 1.76. The largest absolute Gasteiger partial charge is 0.480 e. The number of aliphatic carboxylic acids is 1. The molecule has 0 aliphatic carbocycles. The van der Waals surface area contributed by atoms with Gasteiger partial charge in [0.05, 0.1) is 12.1 Å². The first-order valence-corrected chi connectivity index (χ1v) is 5.92. The van der Waals surface area contributed by atoms with Gasteiger partial charge in [-0.25, -0.2) is 4.79 Å². The van der Waals surface area contributed by atoms with Crippen molar-refractivity contribution in [2.75, 3.05) is 11.6 Å². The second-order valence-electron chi connectivity index (χ2n) is 3.56. The van der Waals surface area contributed by atoms with Crippen LogP contribution in [0.2, 0.25) is 0 Å². The fourth-order valence-corrected chi connectivity index (χ4v) is 2.71. The molecule has 1 saturated heterocycles. The van der Waals surface area contributed by atoms with E-state index >= 15 is 0 Å². The van der Waals surface area contributed by atoms with Gasteiger partial charge in [-0.3, -0.25) is 4.79 Å². The van der Waals surface area contributed by atoms with Gasteiger partial charge >= 0.3 is 5.97 Å². The van der Waals surface area contributed by atoms with Crippen LogP contribution in [0.25, 0.3) is 0 Å². The Labute approximate surface area is 96.4 Å². The summed E-state index contributed by atoms with van der Waals surface area (Å²) in [5, 5.41) is 8.96. The molecule has 0 spiro atoms. The van der Waals surface area contributed by atoms with Gasteiger partial charge in [0.15, 0.2) is 5.76 Å². The van der Waals surface area contributed by atoms with E-state index in [0.717, 1.165) is 5.56 Å². The third-order valence-corrected chi connectivity index (χ3v) is 3.50. The molecule has 0 aromatic carbocycles. The van der Waals surface area contributed by atoms with Crippen LogP contribution in [0.15, 0.2) is 16.7 Å². The molecule has 1 aromatic heterocycles. The van der Waals surface area contributed by atoms with Crippen LogP contribution in [-0.2, 0) is 4.79 Å². The molecule has 1 aromatic rings. The van der Waals surface area contributed by atoms with Crippen molar-refractivity contribution in [2.45, 2.75) is 13.0 Å². The summed E-state index contributed by atoms with van der Waals surface area (Å²) < 4.78 is 5.07. The summed E-state index contributed by atoms with van der Waals surface area (Å²) in [6.07, 6.45) is 1.43. The molecule has 16 heavy (non-hydrogen) atoms. The molecule has 0 bridgehead atoms. The van der Waals surface area contributed by atoms with Gasteiger partial charge in [0.25, 0.3) is 5.91 Å². The smallest absolute Gasteiger partial charge is 0.327 e. The molecular weight excluding hydrogens is 230 g/mol. The van der Waals surface area contributed by atoms with Crippen molar-refractivity contribution < 1.29 is 19.1 Å². The van der Waals surface area contributed by atoms with E-state index < -0.39 is 12.0 Å². The van der Waals surface area contributed by atoms with Crippen LogP contribution in [0.3, 0.4) is 0 Å². The molecule has 6 heteroatoms. The number of carboxylic acids is 1. The van der Waals surface area contributed by atoms with Crippen molar-refractivity contribution in [1.29, 1.82) is 0 Å². The molecular formula is C10H11NO4S.